The molecule has 2 radical (unpaired) electrons. The van der Waals surface area contributed by atoms with Crippen LogP contribution >= 0.6 is 128 Å². The second kappa shape index (κ2) is 49.2. The molecular formula is C79H85Cl11LiN12O18-3. The van der Waals surface area contributed by atoms with Gasteiger partial charge in [0.25, 0.3) is 5.69 Å². The number of nitrogen functional groups attached to an aromatic ring is 1. The monoisotopic (exact) mass is 1900 g/mol. The molecule has 7 aromatic heterocycles. The molecule has 0 bridgehead atoms. The SMILES string of the molecule is CC.CCOC(=O)c1c(C)[nH]c2c(-c3ccc(Cl)cc3Cl)nccc2c1=O.CCOC(=O)c1ccnc(-c2ccc(Cl)cc2Cl)c1N.CCOC(=O)c1ccnc(-c2ccc(Cl)cc2Cl)c1[N+](=O)[O-].CO.Cc1ccnc(-c2ccc(Cl)cc2Cl)c1[N+](=O)[O-].Cc1ccnc(Cl)c1[N+](=O)[O-].O=C(O)c1ccnc(-c2ccc(Cl)cc2Cl)c1[N+](=O)[O-].[2HH].[2HH].[2HH].[2H][2H].[2H][2H].[2H][2H].[2H][2H].[2H][2H].[2H][2H].[H-].[H-].[Li-]. The van der Waals surface area contributed by atoms with E-state index in [0.29, 0.717) is 102 Å². The number of nitrogens with zero attached hydrogens (tertiary/aromatic N) is 10. The molecule has 0 saturated heterocycles. The van der Waals surface area contributed by atoms with Crippen LogP contribution < -0.4 is 11.2 Å². The van der Waals surface area contributed by atoms with E-state index < -0.39 is 65.9 Å². The number of rotatable bonds is 16. The number of halogens is 11. The van der Waals surface area contributed by atoms with Gasteiger partial charge in [0, 0.05) is 136 Å². The minimum atomic E-state index is -1.41. The molecule has 650 valence electrons. The summed E-state index contributed by atoms with van der Waals surface area (Å²) in [7, 11) is 1.00. The standard InChI is InChI=1S/C18H14Cl2N2O3.C14H10Cl2N2O4.C14H12Cl2N2O2.C12H6Cl2N2O4.C12H8Cl2N2O2.C6H5ClN2O2.C2H6.CH4O.Li.9H2.2H/c1-3-25-18(24)14-9(2)22-16-12(17(14)23)6-7-21-15(16)11-5-4-10(19)8-13(11)20;1-2-22-14(19)10-5-6-17-12(13(10)18(20)21)9-4-3-8(15)7-11(9)16;1-2-20-14(19)10-5-6-18-13(12(10)17)9-4-3-8(15)7-11(9)16;13-6-1-2-7(9(14)5-6)10-11(16(19)20)8(12(17)18)3-4-15-10;1-7-4-5-15-11(12(7)16(17)18)9-3-2-8(13)6-10(9)14;1-4-2-3-8-6(7)5(4)9(10)11;2*1-2;;;;;;;;;;;;/h4-8H,3H2,1-2H3,(H,22,23);3-7H,2H2,1H3;3-7H,2,17H2,1H3;1-5H,(H,17,18);2-6H,1H3;2-3H,1H3;1-2H3;2H,1H3;;9*1H;;/q;;;;;;;;-1;;;;;;;;;;2*-1/i;;;;;;;;;6*1+1D;3*1+1;;. The molecule has 7 heterocycles. The number of aromatic nitrogens is 7. The van der Waals surface area contributed by atoms with Gasteiger partial charge in [0.05, 0.1) is 98.2 Å². The molecular weight excluding hydrogens is 1800 g/mol. The number of ether oxygens (including phenoxy) is 3. The molecule has 5 N–H and O–H groups in total. The fourth-order valence-electron chi connectivity index (χ4n) is 10.4. The molecule has 0 amide bonds. The average molecular weight is 1900 g/mol. The molecule has 12 aromatic rings. The molecule has 0 saturated carbocycles. The second-order valence-corrected chi connectivity index (χ2v) is 27.6. The van der Waals surface area contributed by atoms with Crippen molar-refractivity contribution in [3.63, 3.8) is 0 Å². The summed E-state index contributed by atoms with van der Waals surface area (Å²) in [6.45, 7) is 14.5. The smallest absolute Gasteiger partial charge is 0.345 e. The number of nitro groups is 4. The van der Waals surface area contributed by atoms with Crippen molar-refractivity contribution in [1.82, 2.24) is 34.9 Å². The van der Waals surface area contributed by atoms with Crippen molar-refractivity contribution in [1.29, 1.82) is 0 Å². The molecule has 5 aromatic carbocycles. The van der Waals surface area contributed by atoms with Crippen LogP contribution in [0.5, 0.6) is 0 Å². The largest absolute Gasteiger partial charge is 1.00 e. The van der Waals surface area contributed by atoms with Gasteiger partial charge in [-0.2, -0.15) is 0 Å². The number of anilines is 1. The number of carboxylic acid groups (broad SMARTS) is 1. The molecule has 0 fully saturated rings. The quantitative estimate of drug-likeness (QED) is 0.0174. The van der Waals surface area contributed by atoms with Crippen molar-refractivity contribution >= 4 is 210 Å². The van der Waals surface area contributed by atoms with Crippen LogP contribution in [0.15, 0.2) is 169 Å². The number of benzene rings is 5. The summed E-state index contributed by atoms with van der Waals surface area (Å²) >= 11 is 65.1. The molecule has 0 unspecified atom stereocenters. The van der Waals surface area contributed by atoms with Crippen LogP contribution in [0.25, 0.3) is 67.2 Å². The summed E-state index contributed by atoms with van der Waals surface area (Å²) in [5.41, 5.74) is 9.57. The number of aliphatic hydroxyl groups is 1. The van der Waals surface area contributed by atoms with Gasteiger partial charge in [-0.3, -0.25) is 55.2 Å². The van der Waals surface area contributed by atoms with E-state index in [1.54, 1.807) is 108 Å². The second-order valence-electron chi connectivity index (χ2n) is 23.0. The number of hydrogen-bond donors (Lipinski definition) is 4. The number of hydrogen-bond acceptors (Lipinski definition) is 24. The Bertz CT molecular complexity index is 5960. The molecule has 0 aliphatic carbocycles. The van der Waals surface area contributed by atoms with Gasteiger partial charge >= 0.3 is 40.9 Å². The first kappa shape index (κ1) is 92.5. The maximum absolute atomic E-state index is 12.8. The van der Waals surface area contributed by atoms with Crippen LogP contribution in [0, 0.1) is 61.2 Å². The molecule has 121 heavy (non-hydrogen) atoms. The van der Waals surface area contributed by atoms with Gasteiger partial charge in [-0.25, -0.2) is 39.1 Å². The van der Waals surface area contributed by atoms with Crippen LogP contribution in [0.4, 0.5) is 28.4 Å². The number of carbonyl (C=O) groups excluding carboxylic acids is 3. The summed E-state index contributed by atoms with van der Waals surface area (Å²) in [4.78, 5) is 128. The molecule has 12 rings (SSSR count). The Balaban J connectivity index is -0.000000238. The number of nitrogens with one attached hydrogen (secondary N) is 1. The predicted molar refractivity (Wildman–Crippen MR) is 492 cm³/mol. The zero-order chi connectivity index (χ0) is 102. The van der Waals surface area contributed by atoms with Crippen LogP contribution in [0.3, 0.4) is 0 Å². The first-order valence-electron chi connectivity index (χ1n) is 40.3. The number of carboxylic acids is 1. The number of H-pyrrole nitrogens is 1. The zero-order valence-electron chi connectivity index (χ0n) is 78.8. The molecule has 30 nitrogen and oxygen atoms in total. The summed E-state index contributed by atoms with van der Waals surface area (Å²) < 4.78 is 74.8. The van der Waals surface area contributed by atoms with Crippen LogP contribution in [-0.2, 0) is 14.2 Å². The summed E-state index contributed by atoms with van der Waals surface area (Å²) in [5.74, 6) is -3.34. The van der Waals surface area contributed by atoms with Gasteiger partial charge in [-0.05, 0) is 169 Å². The summed E-state index contributed by atoms with van der Waals surface area (Å²) in [6, 6.07) is 32.1. The minimum Gasteiger partial charge on any atom is -1.00 e. The van der Waals surface area contributed by atoms with Crippen molar-refractivity contribution in [2.75, 3.05) is 32.7 Å². The molecule has 0 aliphatic rings. The number of nitrogens with two attached hydrogens (primary N) is 1. The Kier molecular flexibility index (Phi) is 37.6. The third kappa shape index (κ3) is 27.1. The number of aromatic amines is 1. The number of aliphatic hydroxyl groups excluding tert-OH is 1. The number of aryl methyl sites for hydroxylation is 3. The first-order chi connectivity index (χ1) is 63.0. The third-order valence-corrected chi connectivity index (χ3v) is 18.5. The summed E-state index contributed by atoms with van der Waals surface area (Å²) in [5, 5.41) is 64.0. The Morgan fingerprint density at radius 3 is 1.10 bits per heavy atom. The maximum atomic E-state index is 12.8. The Labute approximate surface area is 781 Å². The van der Waals surface area contributed by atoms with E-state index >= 15 is 0 Å². The van der Waals surface area contributed by atoms with Gasteiger partial charge < -0.3 is 56.9 Å². The van der Waals surface area contributed by atoms with E-state index in [2.05, 4.69) is 34.9 Å². The zero-order valence-corrected chi connectivity index (χ0v) is 73.2. The third-order valence-electron chi connectivity index (χ3n) is 15.5. The van der Waals surface area contributed by atoms with Crippen LogP contribution in [-0.4, -0.2) is 134 Å². The van der Waals surface area contributed by atoms with Crippen LogP contribution in [0.1, 0.15) is 118 Å². The summed E-state index contributed by atoms with van der Waals surface area (Å²) in [6.07, 6.45) is 8.41. The fraction of sp³-hybridized carbons (Fsp3) is 0.152. The number of fused-ring (bicyclic) bond motifs is 1. The van der Waals surface area contributed by atoms with E-state index in [4.69, 9.17) is 176 Å². The number of aromatic carboxylic acids is 1. The van der Waals surface area contributed by atoms with Crippen LogP contribution in [0.2, 0.25) is 55.4 Å². The molecule has 0 spiro atoms. The van der Waals surface area contributed by atoms with E-state index in [-0.39, 0.29) is 117 Å². The Morgan fingerprint density at radius 1 is 0.438 bits per heavy atom. The number of pyridine rings is 7. The van der Waals surface area contributed by atoms with E-state index in [9.17, 15) is 64.4 Å². The van der Waals surface area contributed by atoms with Crippen molar-refractivity contribution in [3.05, 3.63) is 310 Å². The topological polar surface area (TPSA) is 445 Å². The van der Waals surface area contributed by atoms with E-state index in [1.165, 1.54) is 91.8 Å². The van der Waals surface area contributed by atoms with Gasteiger partial charge in [-0.1, -0.05) is 141 Å². The number of esters is 3. The Hall–Kier alpha value is -10.8. The molecule has 0 atom stereocenters. The van der Waals surface area contributed by atoms with Gasteiger partial charge in [-0.15, -0.1) is 0 Å². The van der Waals surface area contributed by atoms with Gasteiger partial charge in [0.1, 0.15) is 22.4 Å². The van der Waals surface area contributed by atoms with Gasteiger partial charge in [0.15, 0.2) is 11.4 Å². The first-order valence-corrected chi connectivity index (χ1v) is 38.5. The van der Waals surface area contributed by atoms with Crippen molar-refractivity contribution < 1.29 is 88.2 Å². The maximum Gasteiger partial charge on any atom is 0.345 e. The number of carbonyl (C=O) groups is 4. The average Bonchev–Trinajstić information content (AvgIpc) is 0.772. The molecule has 42 heteroatoms. The predicted octanol–water partition coefficient (Wildman–Crippen LogP) is 24.9. The molecule has 0 aliphatic heterocycles. The van der Waals surface area contributed by atoms with E-state index in [1.807, 2.05) is 13.8 Å². The van der Waals surface area contributed by atoms with Gasteiger partial charge in [0.2, 0.25) is 10.6 Å². The van der Waals surface area contributed by atoms with E-state index in [0.717, 1.165) is 13.2 Å². The normalized spacial score (nSPS) is 10.5. The Morgan fingerprint density at radius 2 is 0.736 bits per heavy atom. The minimum absolute atomic E-state index is 0. The van der Waals surface area contributed by atoms with Crippen molar-refractivity contribution in [2.45, 2.75) is 55.4 Å². The van der Waals surface area contributed by atoms with Crippen molar-refractivity contribution in [2.24, 2.45) is 0 Å². The van der Waals surface area contributed by atoms with Crippen molar-refractivity contribution in [3.8, 4) is 56.3 Å². The fourth-order valence-corrected chi connectivity index (χ4v) is 13.2.